The van der Waals surface area contributed by atoms with Gasteiger partial charge in [-0.1, -0.05) is 30.7 Å². The molecule has 0 fully saturated rings. The third-order valence-corrected chi connectivity index (χ3v) is 3.69. The van der Waals surface area contributed by atoms with Gasteiger partial charge in [0.2, 0.25) is 0 Å². The normalized spacial score (nSPS) is 10.6. The van der Waals surface area contributed by atoms with Gasteiger partial charge in [0.25, 0.3) is 0 Å². The summed E-state index contributed by atoms with van der Waals surface area (Å²) >= 11 is 7.83. The SMILES string of the molecule is CCNCCCCSCc1ccc(Cl)cc1. The highest BCUT2D eigenvalue weighted by Gasteiger charge is 1.94. The van der Waals surface area contributed by atoms with E-state index in [-0.39, 0.29) is 0 Å². The lowest BCUT2D eigenvalue weighted by Gasteiger charge is -2.03. The van der Waals surface area contributed by atoms with Gasteiger partial charge in [-0.3, -0.25) is 0 Å². The minimum atomic E-state index is 0.819. The fourth-order valence-electron chi connectivity index (χ4n) is 1.40. The first-order chi connectivity index (χ1) is 7.83. The summed E-state index contributed by atoms with van der Waals surface area (Å²) in [4.78, 5) is 0. The van der Waals surface area contributed by atoms with Gasteiger partial charge in [0.05, 0.1) is 0 Å². The van der Waals surface area contributed by atoms with E-state index < -0.39 is 0 Å². The summed E-state index contributed by atoms with van der Waals surface area (Å²) in [5.41, 5.74) is 1.36. The fourth-order valence-corrected chi connectivity index (χ4v) is 2.51. The van der Waals surface area contributed by atoms with E-state index in [1.807, 2.05) is 23.9 Å². The second kappa shape index (κ2) is 8.91. The summed E-state index contributed by atoms with van der Waals surface area (Å²) in [5.74, 6) is 2.34. The molecule has 0 aliphatic carbocycles. The van der Waals surface area contributed by atoms with Crippen molar-refractivity contribution in [3.05, 3.63) is 34.9 Å². The summed E-state index contributed by atoms with van der Waals surface area (Å²) in [7, 11) is 0. The van der Waals surface area contributed by atoms with Crippen molar-refractivity contribution in [1.82, 2.24) is 5.32 Å². The molecular formula is C13H20ClNS. The monoisotopic (exact) mass is 257 g/mol. The van der Waals surface area contributed by atoms with Crippen LogP contribution in [0.1, 0.15) is 25.3 Å². The topological polar surface area (TPSA) is 12.0 Å². The Balaban J connectivity index is 2.01. The molecule has 0 saturated heterocycles. The van der Waals surface area contributed by atoms with E-state index in [4.69, 9.17) is 11.6 Å². The standard InChI is InChI=1S/C13H20ClNS/c1-2-15-9-3-4-10-16-11-12-5-7-13(14)8-6-12/h5-8,15H,2-4,9-11H2,1H3. The van der Waals surface area contributed by atoms with Crippen LogP contribution in [0.15, 0.2) is 24.3 Å². The van der Waals surface area contributed by atoms with Crippen LogP contribution < -0.4 is 5.32 Å². The largest absolute Gasteiger partial charge is 0.317 e. The molecule has 1 nitrogen and oxygen atoms in total. The highest BCUT2D eigenvalue weighted by atomic mass is 35.5. The zero-order valence-electron chi connectivity index (χ0n) is 9.84. The molecule has 0 unspecified atom stereocenters. The van der Waals surface area contributed by atoms with Crippen LogP contribution in [0.2, 0.25) is 5.02 Å². The van der Waals surface area contributed by atoms with Crippen molar-refractivity contribution in [2.75, 3.05) is 18.8 Å². The average molecular weight is 258 g/mol. The van der Waals surface area contributed by atoms with Gasteiger partial charge in [-0.15, -0.1) is 0 Å². The van der Waals surface area contributed by atoms with E-state index in [9.17, 15) is 0 Å². The molecule has 90 valence electrons. The first kappa shape index (κ1) is 13.9. The molecule has 1 rings (SSSR count). The van der Waals surface area contributed by atoms with Crippen LogP contribution >= 0.6 is 23.4 Å². The van der Waals surface area contributed by atoms with E-state index in [0.717, 1.165) is 23.9 Å². The number of rotatable bonds is 8. The molecule has 0 atom stereocenters. The Labute approximate surface area is 108 Å². The van der Waals surface area contributed by atoms with Crippen LogP contribution in [-0.2, 0) is 5.75 Å². The van der Waals surface area contributed by atoms with Crippen molar-refractivity contribution in [3.63, 3.8) is 0 Å². The molecule has 3 heteroatoms. The first-order valence-electron chi connectivity index (χ1n) is 5.86. The van der Waals surface area contributed by atoms with Crippen molar-refractivity contribution in [1.29, 1.82) is 0 Å². The minimum Gasteiger partial charge on any atom is -0.317 e. The van der Waals surface area contributed by atoms with Crippen LogP contribution in [0, 0.1) is 0 Å². The molecule has 0 saturated carbocycles. The summed E-state index contributed by atoms with van der Waals surface area (Å²) in [5, 5.41) is 4.16. The van der Waals surface area contributed by atoms with Gasteiger partial charge in [-0.2, -0.15) is 11.8 Å². The van der Waals surface area contributed by atoms with Crippen molar-refractivity contribution in [2.24, 2.45) is 0 Å². The van der Waals surface area contributed by atoms with E-state index in [0.29, 0.717) is 0 Å². The Morgan fingerprint density at radius 1 is 1.19 bits per heavy atom. The van der Waals surface area contributed by atoms with Crippen LogP contribution in [0.3, 0.4) is 0 Å². The van der Waals surface area contributed by atoms with Crippen LogP contribution in [0.4, 0.5) is 0 Å². The Kier molecular flexibility index (Phi) is 7.73. The summed E-state index contributed by atoms with van der Waals surface area (Å²) in [6.07, 6.45) is 2.58. The molecule has 0 amide bonds. The highest BCUT2D eigenvalue weighted by Crippen LogP contribution is 2.16. The molecule has 0 bridgehead atoms. The first-order valence-corrected chi connectivity index (χ1v) is 7.39. The maximum Gasteiger partial charge on any atom is 0.0406 e. The third kappa shape index (κ3) is 6.41. The Morgan fingerprint density at radius 3 is 2.62 bits per heavy atom. The van der Waals surface area contributed by atoms with Crippen molar-refractivity contribution in [2.45, 2.75) is 25.5 Å². The second-order valence-corrected chi connectivity index (χ2v) is 5.28. The zero-order chi connectivity index (χ0) is 11.6. The number of benzene rings is 1. The smallest absolute Gasteiger partial charge is 0.0406 e. The molecule has 1 aromatic carbocycles. The maximum atomic E-state index is 5.83. The van der Waals surface area contributed by atoms with E-state index in [1.54, 1.807) is 0 Å². The molecular weight excluding hydrogens is 238 g/mol. The summed E-state index contributed by atoms with van der Waals surface area (Å²) in [6.45, 7) is 4.38. The molecule has 0 heterocycles. The van der Waals surface area contributed by atoms with Gasteiger partial charge in [0.15, 0.2) is 0 Å². The van der Waals surface area contributed by atoms with Crippen LogP contribution in [0.25, 0.3) is 0 Å². The lowest BCUT2D eigenvalue weighted by atomic mass is 10.2. The number of thioether (sulfide) groups is 1. The lowest BCUT2D eigenvalue weighted by molar-refractivity contribution is 0.666. The molecule has 0 aliphatic heterocycles. The zero-order valence-corrected chi connectivity index (χ0v) is 11.4. The third-order valence-electron chi connectivity index (χ3n) is 2.32. The minimum absolute atomic E-state index is 0.819. The molecule has 0 aromatic heterocycles. The molecule has 0 spiro atoms. The van der Waals surface area contributed by atoms with Crippen molar-refractivity contribution >= 4 is 23.4 Å². The number of halogens is 1. The van der Waals surface area contributed by atoms with Gasteiger partial charge < -0.3 is 5.32 Å². The van der Waals surface area contributed by atoms with E-state index in [2.05, 4.69) is 24.4 Å². The number of nitrogens with one attached hydrogen (secondary N) is 1. The number of hydrogen-bond acceptors (Lipinski definition) is 2. The van der Waals surface area contributed by atoms with Crippen molar-refractivity contribution in [3.8, 4) is 0 Å². The molecule has 1 aromatic rings. The molecule has 16 heavy (non-hydrogen) atoms. The van der Waals surface area contributed by atoms with E-state index >= 15 is 0 Å². The Hall–Kier alpha value is -0.180. The van der Waals surface area contributed by atoms with Crippen LogP contribution in [0.5, 0.6) is 0 Å². The van der Waals surface area contributed by atoms with E-state index in [1.165, 1.54) is 24.2 Å². The molecule has 0 aliphatic rings. The fraction of sp³-hybridized carbons (Fsp3) is 0.538. The predicted molar refractivity (Wildman–Crippen MR) is 75.4 cm³/mol. The molecule has 1 N–H and O–H groups in total. The summed E-state index contributed by atoms with van der Waals surface area (Å²) < 4.78 is 0. The van der Waals surface area contributed by atoms with Gasteiger partial charge in [-0.05, 0) is 49.4 Å². The van der Waals surface area contributed by atoms with Crippen molar-refractivity contribution < 1.29 is 0 Å². The quantitative estimate of drug-likeness (QED) is 0.708. The maximum absolute atomic E-state index is 5.83. The lowest BCUT2D eigenvalue weighted by Crippen LogP contribution is -2.13. The second-order valence-electron chi connectivity index (χ2n) is 3.74. The van der Waals surface area contributed by atoms with Crippen LogP contribution in [-0.4, -0.2) is 18.8 Å². The van der Waals surface area contributed by atoms with Gasteiger partial charge in [0, 0.05) is 10.8 Å². The predicted octanol–water partition coefficient (Wildman–Crippen LogP) is 3.96. The van der Waals surface area contributed by atoms with Gasteiger partial charge in [0.1, 0.15) is 0 Å². The van der Waals surface area contributed by atoms with Gasteiger partial charge in [-0.25, -0.2) is 0 Å². The number of hydrogen-bond donors (Lipinski definition) is 1. The Morgan fingerprint density at radius 2 is 1.94 bits per heavy atom. The average Bonchev–Trinajstić information content (AvgIpc) is 2.30. The summed E-state index contributed by atoms with van der Waals surface area (Å²) in [6, 6.07) is 8.13. The molecule has 0 radical (unpaired) electrons. The number of unbranched alkanes of at least 4 members (excludes halogenated alkanes) is 1. The Bertz CT molecular complexity index is 274. The van der Waals surface area contributed by atoms with Gasteiger partial charge >= 0.3 is 0 Å². The highest BCUT2D eigenvalue weighted by molar-refractivity contribution is 7.98.